The van der Waals surface area contributed by atoms with Gasteiger partial charge < -0.3 is 14.2 Å². The zero-order chi connectivity index (χ0) is 13.8. The Kier molecular flexibility index (Phi) is 4.65. The second kappa shape index (κ2) is 6.65. The van der Waals surface area contributed by atoms with Crippen molar-refractivity contribution in [2.24, 2.45) is 5.84 Å². The summed E-state index contributed by atoms with van der Waals surface area (Å²) in [4.78, 5) is 0. The van der Waals surface area contributed by atoms with Crippen molar-refractivity contribution < 1.29 is 14.2 Å². The molecule has 0 aromatic heterocycles. The van der Waals surface area contributed by atoms with E-state index in [1.807, 2.05) is 0 Å². The number of ether oxygens (including phenoxy) is 3. The smallest absolute Gasteiger partial charge is 0.0976 e. The lowest BCUT2D eigenvalue weighted by atomic mass is 9.92. The maximum absolute atomic E-state index is 5.94. The molecule has 0 bridgehead atoms. The van der Waals surface area contributed by atoms with Crippen molar-refractivity contribution in [3.8, 4) is 0 Å². The van der Waals surface area contributed by atoms with Gasteiger partial charge in [-0.3, -0.25) is 11.3 Å². The molecule has 0 spiro atoms. The fourth-order valence-corrected chi connectivity index (χ4v) is 2.97. The van der Waals surface area contributed by atoms with Crippen molar-refractivity contribution in [2.45, 2.75) is 31.1 Å². The lowest BCUT2D eigenvalue weighted by Crippen LogP contribution is -2.50. The average molecular weight is 278 g/mol. The van der Waals surface area contributed by atoms with Crippen molar-refractivity contribution >= 4 is 0 Å². The highest BCUT2D eigenvalue weighted by Crippen LogP contribution is 2.31. The van der Waals surface area contributed by atoms with Crippen LogP contribution in [0.4, 0.5) is 0 Å². The second-order valence-electron chi connectivity index (χ2n) is 5.30. The molecule has 110 valence electrons. The predicted octanol–water partition coefficient (Wildman–Crippen LogP) is 0.938. The predicted molar refractivity (Wildman–Crippen MR) is 75.1 cm³/mol. The quantitative estimate of drug-likeness (QED) is 0.634. The summed E-state index contributed by atoms with van der Waals surface area (Å²) in [6.07, 6.45) is 1.84. The van der Waals surface area contributed by atoms with Crippen molar-refractivity contribution in [3.05, 3.63) is 35.4 Å². The first-order chi connectivity index (χ1) is 9.88. The Bertz CT molecular complexity index is 435. The Morgan fingerprint density at radius 3 is 2.90 bits per heavy atom. The fraction of sp³-hybridized carbons (Fsp3) is 0.600. The molecule has 2 aliphatic rings. The normalized spacial score (nSPS) is 27.9. The molecular formula is C15H22N2O3. The number of rotatable bonds is 4. The van der Waals surface area contributed by atoms with Crippen molar-refractivity contribution in [2.75, 3.05) is 26.4 Å². The third-order valence-electron chi connectivity index (χ3n) is 4.06. The number of hydrazine groups is 1. The molecule has 1 fully saturated rings. The van der Waals surface area contributed by atoms with Crippen LogP contribution in [0.15, 0.2) is 24.3 Å². The van der Waals surface area contributed by atoms with Gasteiger partial charge in [-0.25, -0.2) is 0 Å². The molecule has 1 aromatic rings. The Hall–Kier alpha value is -0.980. The van der Waals surface area contributed by atoms with Crippen LogP contribution in [-0.2, 0) is 20.6 Å². The first-order valence-corrected chi connectivity index (χ1v) is 7.23. The summed E-state index contributed by atoms with van der Waals surface area (Å²) in [7, 11) is 0. The lowest BCUT2D eigenvalue weighted by Gasteiger charge is -2.34. The van der Waals surface area contributed by atoms with E-state index in [-0.39, 0.29) is 18.2 Å². The van der Waals surface area contributed by atoms with Gasteiger partial charge in [0.1, 0.15) is 0 Å². The molecule has 0 radical (unpaired) electrons. The molecule has 1 aromatic carbocycles. The van der Waals surface area contributed by atoms with E-state index in [0.29, 0.717) is 19.8 Å². The van der Waals surface area contributed by atoms with Gasteiger partial charge in [-0.05, 0) is 24.0 Å². The summed E-state index contributed by atoms with van der Waals surface area (Å²) in [5.41, 5.74) is 5.51. The van der Waals surface area contributed by atoms with Crippen LogP contribution < -0.4 is 11.3 Å². The van der Waals surface area contributed by atoms with E-state index in [4.69, 9.17) is 20.1 Å². The van der Waals surface area contributed by atoms with E-state index in [1.165, 1.54) is 11.1 Å². The number of nitrogens with two attached hydrogens (primary N) is 1. The van der Waals surface area contributed by atoms with Crippen LogP contribution in [0.25, 0.3) is 0 Å². The molecule has 0 saturated carbocycles. The third-order valence-corrected chi connectivity index (χ3v) is 4.06. The van der Waals surface area contributed by atoms with Gasteiger partial charge in [0.05, 0.1) is 44.7 Å². The van der Waals surface area contributed by atoms with Gasteiger partial charge in [-0.15, -0.1) is 0 Å². The average Bonchev–Trinajstić information content (AvgIpc) is 2.53. The number of hydrogen-bond donors (Lipinski definition) is 2. The van der Waals surface area contributed by atoms with E-state index in [2.05, 4.69) is 29.7 Å². The molecule has 2 aliphatic heterocycles. The molecule has 2 heterocycles. The summed E-state index contributed by atoms with van der Waals surface area (Å²) >= 11 is 0. The van der Waals surface area contributed by atoms with Crippen LogP contribution >= 0.6 is 0 Å². The Morgan fingerprint density at radius 1 is 1.20 bits per heavy atom. The Balaban J connectivity index is 1.70. The van der Waals surface area contributed by atoms with Crippen LogP contribution in [0, 0.1) is 0 Å². The summed E-state index contributed by atoms with van der Waals surface area (Å²) in [5, 5.41) is 0. The van der Waals surface area contributed by atoms with E-state index in [0.717, 1.165) is 19.4 Å². The molecule has 3 unspecified atom stereocenters. The van der Waals surface area contributed by atoms with Gasteiger partial charge in [-0.2, -0.15) is 0 Å². The molecule has 5 nitrogen and oxygen atoms in total. The molecule has 3 N–H and O–H groups in total. The Labute approximate surface area is 119 Å². The highest BCUT2D eigenvalue weighted by Gasteiger charge is 2.30. The molecule has 1 saturated heterocycles. The zero-order valence-corrected chi connectivity index (χ0v) is 11.6. The van der Waals surface area contributed by atoms with Gasteiger partial charge >= 0.3 is 0 Å². The molecule has 3 rings (SSSR count). The van der Waals surface area contributed by atoms with Crippen LogP contribution in [-0.4, -0.2) is 38.6 Å². The molecule has 3 atom stereocenters. The van der Waals surface area contributed by atoms with Crippen LogP contribution in [0.3, 0.4) is 0 Å². The highest BCUT2D eigenvalue weighted by molar-refractivity contribution is 5.31. The topological polar surface area (TPSA) is 65.7 Å². The zero-order valence-electron chi connectivity index (χ0n) is 11.6. The number of fused-ring (bicyclic) bond motifs is 1. The summed E-state index contributed by atoms with van der Waals surface area (Å²) in [6.45, 7) is 2.64. The van der Waals surface area contributed by atoms with Gasteiger partial charge in [-0.1, -0.05) is 24.3 Å². The standard InChI is InChI=1S/C15H22N2O3/c16-17-13(15-10-18-7-8-20-15)9-14-12-4-2-1-3-11(12)5-6-19-14/h1-4,13-15,17H,5-10,16H2. The minimum absolute atomic E-state index is 0.00793. The molecule has 0 amide bonds. The summed E-state index contributed by atoms with van der Waals surface area (Å²) in [6, 6.07) is 8.50. The fourth-order valence-electron chi connectivity index (χ4n) is 2.97. The van der Waals surface area contributed by atoms with Gasteiger partial charge in [0.15, 0.2) is 0 Å². The van der Waals surface area contributed by atoms with Crippen LogP contribution in [0.5, 0.6) is 0 Å². The van der Waals surface area contributed by atoms with Crippen molar-refractivity contribution in [1.29, 1.82) is 0 Å². The Morgan fingerprint density at radius 2 is 2.10 bits per heavy atom. The summed E-state index contributed by atoms with van der Waals surface area (Å²) in [5.74, 6) is 5.70. The van der Waals surface area contributed by atoms with E-state index in [1.54, 1.807) is 0 Å². The van der Waals surface area contributed by atoms with Crippen LogP contribution in [0.1, 0.15) is 23.7 Å². The maximum Gasteiger partial charge on any atom is 0.0976 e. The minimum Gasteiger partial charge on any atom is -0.376 e. The minimum atomic E-state index is -0.00793. The monoisotopic (exact) mass is 278 g/mol. The molecular weight excluding hydrogens is 256 g/mol. The summed E-state index contributed by atoms with van der Waals surface area (Å²) < 4.78 is 17.1. The molecule has 5 heteroatoms. The molecule has 20 heavy (non-hydrogen) atoms. The highest BCUT2D eigenvalue weighted by atomic mass is 16.6. The number of nitrogens with one attached hydrogen (secondary N) is 1. The van der Waals surface area contributed by atoms with E-state index in [9.17, 15) is 0 Å². The lowest BCUT2D eigenvalue weighted by molar-refractivity contribution is -0.108. The van der Waals surface area contributed by atoms with Gasteiger partial charge in [0.2, 0.25) is 0 Å². The maximum atomic E-state index is 5.94. The third kappa shape index (κ3) is 3.02. The van der Waals surface area contributed by atoms with Crippen molar-refractivity contribution in [1.82, 2.24) is 5.43 Å². The second-order valence-corrected chi connectivity index (χ2v) is 5.30. The largest absolute Gasteiger partial charge is 0.376 e. The van der Waals surface area contributed by atoms with Gasteiger partial charge in [0, 0.05) is 0 Å². The van der Waals surface area contributed by atoms with E-state index >= 15 is 0 Å². The number of hydrogen-bond acceptors (Lipinski definition) is 5. The number of benzene rings is 1. The first-order valence-electron chi connectivity index (χ1n) is 7.23. The van der Waals surface area contributed by atoms with Gasteiger partial charge in [0.25, 0.3) is 0 Å². The van der Waals surface area contributed by atoms with Crippen molar-refractivity contribution in [3.63, 3.8) is 0 Å². The SMILES string of the molecule is NNC(CC1OCCc2ccccc21)C1COCCO1. The van der Waals surface area contributed by atoms with E-state index < -0.39 is 0 Å². The van der Waals surface area contributed by atoms with Crippen LogP contribution in [0.2, 0.25) is 0 Å². The first kappa shape index (κ1) is 14.0. The molecule has 0 aliphatic carbocycles.